The van der Waals surface area contributed by atoms with Crippen molar-refractivity contribution in [3.63, 3.8) is 0 Å². The fourth-order valence-electron chi connectivity index (χ4n) is 3.33. The lowest BCUT2D eigenvalue weighted by molar-refractivity contribution is -0.0247. The average molecular weight is 266 g/mol. The second-order valence-corrected chi connectivity index (χ2v) is 7.13. The summed E-state index contributed by atoms with van der Waals surface area (Å²) in [7, 11) is 0. The Morgan fingerprint density at radius 2 is 2.11 bits per heavy atom. The third-order valence-corrected chi connectivity index (χ3v) is 4.32. The number of ether oxygens (including phenoxy) is 1. The second-order valence-electron chi connectivity index (χ2n) is 7.13. The van der Waals surface area contributed by atoms with Crippen LogP contribution in [0.4, 0.5) is 0 Å². The van der Waals surface area contributed by atoms with E-state index in [4.69, 9.17) is 15.7 Å². The van der Waals surface area contributed by atoms with E-state index >= 15 is 0 Å². The summed E-state index contributed by atoms with van der Waals surface area (Å²) in [6, 6.07) is 2.21. The topological polar surface area (TPSA) is 59.0 Å². The Morgan fingerprint density at radius 1 is 1.42 bits per heavy atom. The largest absolute Gasteiger partial charge is 0.378 e. The Hall–Kier alpha value is -0.590. The molecule has 0 spiro atoms. The van der Waals surface area contributed by atoms with Crippen molar-refractivity contribution in [2.24, 2.45) is 17.1 Å². The quantitative estimate of drug-likeness (QED) is 0.747. The highest BCUT2D eigenvalue weighted by Gasteiger charge is 2.32. The van der Waals surface area contributed by atoms with Crippen molar-refractivity contribution in [1.82, 2.24) is 0 Å². The minimum Gasteiger partial charge on any atom is -0.378 e. The summed E-state index contributed by atoms with van der Waals surface area (Å²) in [5, 5.41) is 9.02. The molecule has 19 heavy (non-hydrogen) atoms. The molecular weight excluding hydrogens is 236 g/mol. The van der Waals surface area contributed by atoms with Crippen LogP contribution in [0.1, 0.15) is 66.2 Å². The van der Waals surface area contributed by atoms with Crippen molar-refractivity contribution in [2.75, 3.05) is 6.61 Å². The Kier molecular flexibility index (Phi) is 5.82. The number of rotatable bonds is 6. The van der Waals surface area contributed by atoms with E-state index in [0.717, 1.165) is 31.8 Å². The van der Waals surface area contributed by atoms with Crippen LogP contribution in [0.5, 0.6) is 0 Å². The van der Waals surface area contributed by atoms with Crippen molar-refractivity contribution in [3.8, 4) is 6.07 Å². The van der Waals surface area contributed by atoms with Crippen molar-refractivity contribution < 1.29 is 4.74 Å². The normalized spacial score (nSPS) is 29.5. The van der Waals surface area contributed by atoms with Crippen LogP contribution in [0.2, 0.25) is 0 Å². The van der Waals surface area contributed by atoms with E-state index < -0.39 is 5.54 Å². The van der Waals surface area contributed by atoms with Crippen LogP contribution in [0.25, 0.3) is 0 Å². The van der Waals surface area contributed by atoms with Gasteiger partial charge in [0.25, 0.3) is 0 Å². The monoisotopic (exact) mass is 266 g/mol. The molecule has 110 valence electrons. The Bertz CT molecular complexity index is 321. The Labute approximate surface area is 118 Å². The third-order valence-electron chi connectivity index (χ3n) is 4.32. The van der Waals surface area contributed by atoms with Crippen LogP contribution in [0.15, 0.2) is 0 Å². The van der Waals surface area contributed by atoms with Crippen molar-refractivity contribution >= 4 is 0 Å². The van der Waals surface area contributed by atoms with Gasteiger partial charge in [0.2, 0.25) is 0 Å². The fraction of sp³-hybridized carbons (Fsp3) is 0.938. The summed E-state index contributed by atoms with van der Waals surface area (Å²) in [4.78, 5) is 0. The van der Waals surface area contributed by atoms with Crippen molar-refractivity contribution in [3.05, 3.63) is 0 Å². The predicted molar refractivity (Wildman–Crippen MR) is 78.6 cm³/mol. The van der Waals surface area contributed by atoms with Crippen molar-refractivity contribution in [2.45, 2.75) is 77.9 Å². The van der Waals surface area contributed by atoms with Crippen molar-refractivity contribution in [1.29, 1.82) is 5.26 Å². The van der Waals surface area contributed by atoms with Crippen LogP contribution in [0, 0.1) is 22.7 Å². The highest BCUT2D eigenvalue weighted by molar-refractivity contribution is 5.03. The lowest BCUT2D eigenvalue weighted by atomic mass is 9.71. The molecule has 0 saturated heterocycles. The highest BCUT2D eigenvalue weighted by Crippen LogP contribution is 2.39. The van der Waals surface area contributed by atoms with Gasteiger partial charge < -0.3 is 10.5 Å². The highest BCUT2D eigenvalue weighted by atomic mass is 16.5. The first-order valence-electron chi connectivity index (χ1n) is 7.62. The molecule has 0 aliphatic heterocycles. The maximum atomic E-state index is 9.02. The molecule has 0 radical (unpaired) electrons. The molecule has 0 aromatic carbocycles. The SMILES string of the molecule is CCC(N)(C#N)CCCOC1CC(C)CC(C)(C)C1. The van der Waals surface area contributed by atoms with Gasteiger partial charge in [-0.25, -0.2) is 0 Å². The molecular formula is C16H30N2O. The predicted octanol–water partition coefficient (Wildman–Crippen LogP) is 3.63. The van der Waals surface area contributed by atoms with E-state index in [9.17, 15) is 0 Å². The standard InChI is InChI=1S/C16H30N2O/c1-5-16(18,12-17)7-6-8-19-14-9-13(2)10-15(3,4)11-14/h13-14H,5-11,18H2,1-4H3. The third kappa shape index (κ3) is 5.50. The Balaban J connectivity index is 2.28. The molecule has 3 nitrogen and oxygen atoms in total. The summed E-state index contributed by atoms with van der Waals surface area (Å²) in [6.45, 7) is 9.67. The van der Waals surface area contributed by atoms with Gasteiger partial charge in [-0.2, -0.15) is 5.26 Å². The van der Waals surface area contributed by atoms with Gasteiger partial charge in [0, 0.05) is 6.61 Å². The van der Waals surface area contributed by atoms with Gasteiger partial charge in [-0.1, -0.05) is 27.7 Å². The molecule has 1 aliphatic rings. The van der Waals surface area contributed by atoms with E-state index in [-0.39, 0.29) is 0 Å². The molecule has 3 unspecified atom stereocenters. The second kappa shape index (κ2) is 6.72. The number of hydrogen-bond acceptors (Lipinski definition) is 3. The molecule has 3 atom stereocenters. The first-order valence-corrected chi connectivity index (χ1v) is 7.62. The number of nitrogens with two attached hydrogens (primary N) is 1. The smallest absolute Gasteiger partial charge is 0.104 e. The molecule has 1 aliphatic carbocycles. The van der Waals surface area contributed by atoms with E-state index in [0.29, 0.717) is 17.9 Å². The van der Waals surface area contributed by atoms with E-state index in [1.165, 1.54) is 12.8 Å². The molecule has 3 heteroatoms. The van der Waals surface area contributed by atoms with Gasteiger partial charge in [0.1, 0.15) is 5.54 Å². The van der Waals surface area contributed by atoms with E-state index in [2.05, 4.69) is 26.8 Å². The first kappa shape index (κ1) is 16.5. The van der Waals surface area contributed by atoms with Crippen LogP contribution in [-0.4, -0.2) is 18.2 Å². The maximum absolute atomic E-state index is 9.02. The molecule has 2 N–H and O–H groups in total. The molecule has 1 rings (SSSR count). The molecule has 1 fully saturated rings. The molecule has 0 aromatic heterocycles. The van der Waals surface area contributed by atoms with Gasteiger partial charge in [-0.3, -0.25) is 0 Å². The van der Waals surface area contributed by atoms with Gasteiger partial charge >= 0.3 is 0 Å². The average Bonchev–Trinajstić information content (AvgIpc) is 2.32. The Morgan fingerprint density at radius 3 is 2.63 bits per heavy atom. The lowest BCUT2D eigenvalue weighted by Gasteiger charge is -2.38. The zero-order valence-electron chi connectivity index (χ0n) is 13.0. The fourth-order valence-corrected chi connectivity index (χ4v) is 3.33. The zero-order chi connectivity index (χ0) is 14.5. The first-order chi connectivity index (χ1) is 8.80. The van der Waals surface area contributed by atoms with Gasteiger partial charge in [0.15, 0.2) is 0 Å². The van der Waals surface area contributed by atoms with Gasteiger partial charge in [0.05, 0.1) is 12.2 Å². The molecule has 1 saturated carbocycles. The summed E-state index contributed by atoms with van der Waals surface area (Å²) in [6.07, 6.45) is 6.31. The molecule has 0 amide bonds. The summed E-state index contributed by atoms with van der Waals surface area (Å²) >= 11 is 0. The number of hydrogen-bond donors (Lipinski definition) is 1. The number of nitriles is 1. The molecule has 0 aromatic rings. The zero-order valence-corrected chi connectivity index (χ0v) is 13.0. The summed E-state index contributed by atoms with van der Waals surface area (Å²) in [5.74, 6) is 0.747. The van der Waals surface area contributed by atoms with Gasteiger partial charge in [-0.05, 0) is 49.9 Å². The number of nitrogens with zero attached hydrogens (tertiary/aromatic N) is 1. The van der Waals surface area contributed by atoms with Gasteiger partial charge in [-0.15, -0.1) is 0 Å². The maximum Gasteiger partial charge on any atom is 0.104 e. The van der Waals surface area contributed by atoms with E-state index in [1.807, 2.05) is 6.92 Å². The van der Waals surface area contributed by atoms with Crippen LogP contribution >= 0.6 is 0 Å². The van der Waals surface area contributed by atoms with E-state index in [1.54, 1.807) is 0 Å². The lowest BCUT2D eigenvalue weighted by Crippen LogP contribution is -2.37. The minimum atomic E-state index is -0.664. The minimum absolute atomic E-state index is 0.384. The van der Waals surface area contributed by atoms with Crippen LogP contribution in [-0.2, 0) is 4.74 Å². The van der Waals surface area contributed by atoms with Crippen LogP contribution < -0.4 is 5.73 Å². The summed E-state index contributed by atoms with van der Waals surface area (Å²) in [5.41, 5.74) is 5.70. The molecule has 0 heterocycles. The summed E-state index contributed by atoms with van der Waals surface area (Å²) < 4.78 is 6.01. The molecule has 0 bridgehead atoms. The van der Waals surface area contributed by atoms with Crippen LogP contribution in [0.3, 0.4) is 0 Å².